The van der Waals surface area contributed by atoms with E-state index in [0.29, 0.717) is 11.3 Å². The minimum Gasteiger partial charge on any atom is -0.399 e. The topological polar surface area (TPSA) is 55.1 Å². The molecule has 3 heteroatoms. The molecule has 0 radical (unpaired) electrons. The fourth-order valence-electron chi connectivity index (χ4n) is 2.86. The number of benzene rings is 3. The molecule has 0 aliphatic carbocycles. The summed E-state index contributed by atoms with van der Waals surface area (Å²) in [6.07, 6.45) is 0. The molecule has 0 aliphatic heterocycles. The predicted molar refractivity (Wildman–Crippen MR) is 102 cm³/mol. The molecule has 24 heavy (non-hydrogen) atoms. The normalized spacial score (nSPS) is 11.6. The highest BCUT2D eigenvalue weighted by molar-refractivity contribution is 5.97. The number of nitrogens with two attached hydrogens (primary N) is 1. The van der Waals surface area contributed by atoms with Gasteiger partial charge in [0, 0.05) is 11.3 Å². The van der Waals surface area contributed by atoms with E-state index in [0.717, 1.165) is 16.5 Å². The molecule has 0 fully saturated rings. The molecule has 3 aromatic carbocycles. The largest absolute Gasteiger partial charge is 0.399 e. The number of nitrogen functional groups attached to an aromatic ring is 1. The standard InChI is InChI=1S/C20H20N2O.CH4/c1-13-10-11-16(21)12-19(13)20(23)22-14(2)17-9-5-7-15-6-3-4-8-18(15)17;/h3-12,14H,21H2,1-2H3,(H,22,23);1H4/t14-;/m1./s1. The molecular formula is C21H24N2O. The highest BCUT2D eigenvalue weighted by Gasteiger charge is 2.15. The predicted octanol–water partition coefficient (Wildman–Crippen LogP) is 4.86. The Morgan fingerprint density at radius 1 is 1.04 bits per heavy atom. The zero-order chi connectivity index (χ0) is 16.4. The molecule has 1 amide bonds. The van der Waals surface area contributed by atoms with Crippen LogP contribution in [0.5, 0.6) is 0 Å². The van der Waals surface area contributed by atoms with E-state index in [1.165, 1.54) is 5.39 Å². The number of rotatable bonds is 3. The number of amides is 1. The third kappa shape index (κ3) is 3.40. The minimum atomic E-state index is -0.102. The number of fused-ring (bicyclic) bond motifs is 1. The molecule has 0 unspecified atom stereocenters. The lowest BCUT2D eigenvalue weighted by atomic mass is 9.99. The van der Waals surface area contributed by atoms with Gasteiger partial charge in [0.2, 0.25) is 0 Å². The Morgan fingerprint density at radius 3 is 2.54 bits per heavy atom. The quantitative estimate of drug-likeness (QED) is 0.677. The second-order valence-corrected chi connectivity index (χ2v) is 5.84. The molecule has 3 aromatic rings. The van der Waals surface area contributed by atoms with Gasteiger partial charge in [0.15, 0.2) is 0 Å². The summed E-state index contributed by atoms with van der Waals surface area (Å²) in [5, 5.41) is 5.41. The van der Waals surface area contributed by atoms with Gasteiger partial charge in [0.25, 0.3) is 5.91 Å². The fourth-order valence-corrected chi connectivity index (χ4v) is 2.86. The van der Waals surface area contributed by atoms with Crippen molar-refractivity contribution >= 4 is 22.4 Å². The van der Waals surface area contributed by atoms with Gasteiger partial charge in [-0.05, 0) is 47.9 Å². The second-order valence-electron chi connectivity index (χ2n) is 5.84. The molecule has 0 bridgehead atoms. The molecule has 124 valence electrons. The summed E-state index contributed by atoms with van der Waals surface area (Å²) in [5.41, 5.74) is 9.05. The van der Waals surface area contributed by atoms with Crippen molar-refractivity contribution in [1.82, 2.24) is 5.32 Å². The Morgan fingerprint density at radius 2 is 1.75 bits per heavy atom. The average molecular weight is 320 g/mol. The zero-order valence-electron chi connectivity index (χ0n) is 13.3. The fraction of sp³-hybridized carbons (Fsp3) is 0.190. The van der Waals surface area contributed by atoms with E-state index in [4.69, 9.17) is 5.73 Å². The molecule has 0 saturated heterocycles. The van der Waals surface area contributed by atoms with Crippen LogP contribution in [-0.4, -0.2) is 5.91 Å². The van der Waals surface area contributed by atoms with Gasteiger partial charge in [0.1, 0.15) is 0 Å². The number of carbonyl (C=O) groups excluding carboxylic acids is 1. The minimum absolute atomic E-state index is 0. The first-order valence-corrected chi connectivity index (χ1v) is 7.71. The summed E-state index contributed by atoms with van der Waals surface area (Å²) in [4.78, 5) is 12.6. The van der Waals surface area contributed by atoms with Gasteiger partial charge in [-0.1, -0.05) is 56.0 Å². The number of aryl methyl sites for hydroxylation is 1. The third-order valence-electron chi connectivity index (χ3n) is 4.14. The zero-order valence-corrected chi connectivity index (χ0v) is 13.3. The van der Waals surface area contributed by atoms with Crippen molar-refractivity contribution < 1.29 is 4.79 Å². The van der Waals surface area contributed by atoms with E-state index < -0.39 is 0 Å². The summed E-state index contributed by atoms with van der Waals surface area (Å²) in [5.74, 6) is -0.102. The van der Waals surface area contributed by atoms with Crippen LogP contribution in [0.25, 0.3) is 10.8 Å². The van der Waals surface area contributed by atoms with Crippen molar-refractivity contribution in [2.45, 2.75) is 27.3 Å². The van der Waals surface area contributed by atoms with Crippen LogP contribution in [0.3, 0.4) is 0 Å². The van der Waals surface area contributed by atoms with Crippen molar-refractivity contribution in [2.75, 3.05) is 5.73 Å². The lowest BCUT2D eigenvalue weighted by Gasteiger charge is -2.17. The lowest BCUT2D eigenvalue weighted by molar-refractivity contribution is 0.0939. The Bertz CT molecular complexity index is 865. The van der Waals surface area contributed by atoms with E-state index in [-0.39, 0.29) is 19.4 Å². The first kappa shape index (κ1) is 17.5. The average Bonchev–Trinajstić information content (AvgIpc) is 2.56. The Hall–Kier alpha value is -2.81. The van der Waals surface area contributed by atoms with Crippen molar-refractivity contribution in [3.63, 3.8) is 0 Å². The van der Waals surface area contributed by atoms with Gasteiger partial charge in [0.05, 0.1) is 6.04 Å². The van der Waals surface area contributed by atoms with Crippen LogP contribution in [0.15, 0.2) is 60.7 Å². The van der Waals surface area contributed by atoms with E-state index in [2.05, 4.69) is 29.6 Å². The van der Waals surface area contributed by atoms with Crippen molar-refractivity contribution in [1.29, 1.82) is 0 Å². The summed E-state index contributed by atoms with van der Waals surface area (Å²) in [6.45, 7) is 3.91. The molecular weight excluding hydrogens is 296 g/mol. The van der Waals surface area contributed by atoms with E-state index >= 15 is 0 Å². The number of nitrogens with one attached hydrogen (secondary N) is 1. The van der Waals surface area contributed by atoms with Crippen LogP contribution in [0.2, 0.25) is 0 Å². The third-order valence-corrected chi connectivity index (χ3v) is 4.14. The molecule has 1 atom stereocenters. The van der Waals surface area contributed by atoms with Gasteiger partial charge in [-0.15, -0.1) is 0 Å². The summed E-state index contributed by atoms with van der Waals surface area (Å²) < 4.78 is 0. The van der Waals surface area contributed by atoms with Crippen molar-refractivity contribution in [2.24, 2.45) is 0 Å². The Kier molecular flexibility index (Phi) is 5.24. The maximum atomic E-state index is 12.6. The number of hydrogen-bond acceptors (Lipinski definition) is 2. The van der Waals surface area contributed by atoms with Crippen molar-refractivity contribution in [3.8, 4) is 0 Å². The van der Waals surface area contributed by atoms with Gasteiger partial charge in [-0.3, -0.25) is 4.79 Å². The first-order chi connectivity index (χ1) is 11.1. The highest BCUT2D eigenvalue weighted by Crippen LogP contribution is 2.24. The summed E-state index contributed by atoms with van der Waals surface area (Å²) in [7, 11) is 0. The van der Waals surface area contributed by atoms with Gasteiger partial charge >= 0.3 is 0 Å². The van der Waals surface area contributed by atoms with E-state index in [9.17, 15) is 4.79 Å². The summed E-state index contributed by atoms with van der Waals surface area (Å²) >= 11 is 0. The monoisotopic (exact) mass is 320 g/mol. The van der Waals surface area contributed by atoms with Crippen LogP contribution in [0, 0.1) is 6.92 Å². The van der Waals surface area contributed by atoms with Gasteiger partial charge < -0.3 is 11.1 Å². The Labute approximate surface area is 143 Å². The molecule has 3 rings (SSSR count). The number of anilines is 1. The van der Waals surface area contributed by atoms with Crippen LogP contribution < -0.4 is 11.1 Å². The second kappa shape index (κ2) is 7.18. The van der Waals surface area contributed by atoms with Gasteiger partial charge in [-0.2, -0.15) is 0 Å². The summed E-state index contributed by atoms with van der Waals surface area (Å²) in [6, 6.07) is 19.7. The molecule has 0 heterocycles. The molecule has 0 spiro atoms. The maximum absolute atomic E-state index is 12.6. The van der Waals surface area contributed by atoms with Crippen molar-refractivity contribution in [3.05, 3.63) is 77.4 Å². The molecule has 0 aliphatic rings. The van der Waals surface area contributed by atoms with Crippen LogP contribution >= 0.6 is 0 Å². The first-order valence-electron chi connectivity index (χ1n) is 7.71. The number of carbonyl (C=O) groups is 1. The number of hydrogen-bond donors (Lipinski definition) is 2. The smallest absolute Gasteiger partial charge is 0.252 e. The molecule has 3 nitrogen and oxygen atoms in total. The highest BCUT2D eigenvalue weighted by atomic mass is 16.1. The maximum Gasteiger partial charge on any atom is 0.252 e. The van der Waals surface area contributed by atoms with Crippen LogP contribution in [0.4, 0.5) is 5.69 Å². The van der Waals surface area contributed by atoms with E-state index in [1.54, 1.807) is 12.1 Å². The molecule has 3 N–H and O–H groups in total. The molecule has 0 aromatic heterocycles. The van der Waals surface area contributed by atoms with E-state index in [1.807, 2.05) is 38.1 Å². The van der Waals surface area contributed by atoms with Crippen LogP contribution in [0.1, 0.15) is 41.9 Å². The Balaban J connectivity index is 0.00000208. The SMILES string of the molecule is C.Cc1ccc(N)cc1C(=O)N[C@H](C)c1cccc2ccccc12. The van der Waals surface area contributed by atoms with Crippen LogP contribution in [-0.2, 0) is 0 Å². The molecule has 0 saturated carbocycles. The van der Waals surface area contributed by atoms with Gasteiger partial charge in [-0.25, -0.2) is 0 Å². The lowest BCUT2D eigenvalue weighted by Crippen LogP contribution is -2.27.